The molecule has 0 fully saturated rings. The van der Waals surface area contributed by atoms with Crippen LogP contribution >= 0.6 is 51.3 Å². The monoisotopic (exact) mass is 476 g/mol. The summed E-state index contributed by atoms with van der Waals surface area (Å²) < 4.78 is 5.82. The fourth-order valence-corrected chi connectivity index (χ4v) is 3.08. The van der Waals surface area contributed by atoms with Gasteiger partial charge in [0.15, 0.2) is 10.9 Å². The minimum absolute atomic E-state index is 0.0672. The lowest BCUT2D eigenvalue weighted by Gasteiger charge is -2.15. The van der Waals surface area contributed by atoms with Crippen LogP contribution in [0.2, 0.25) is 10.0 Å². The zero-order valence-corrected chi connectivity index (χ0v) is 17.0. The minimum atomic E-state index is -1.17. The Balaban J connectivity index is 2.23. The normalized spacial score (nSPS) is 10.2. The Labute approximate surface area is 172 Å². The molecule has 1 amide bonds. The largest absolute Gasteiger partial charge is 0.493 e. The second kappa shape index (κ2) is 8.68. The van der Waals surface area contributed by atoms with Gasteiger partial charge in [-0.25, -0.2) is 4.79 Å². The molecule has 0 heterocycles. The molecule has 6 nitrogen and oxygen atoms in total. The molecule has 0 saturated heterocycles. The SMILES string of the molecule is COc1c(Cl)cc(C(=O)O)cc1NC(=S)NC(=O)c1cc(Br)ccc1Cl. The Morgan fingerprint density at radius 2 is 1.88 bits per heavy atom. The fourth-order valence-electron chi connectivity index (χ4n) is 2.01. The van der Waals surface area contributed by atoms with Gasteiger partial charge in [0.1, 0.15) is 0 Å². The molecule has 3 N–H and O–H groups in total. The molecule has 0 radical (unpaired) electrons. The van der Waals surface area contributed by atoms with Gasteiger partial charge in [0.05, 0.1) is 34.0 Å². The number of anilines is 1. The van der Waals surface area contributed by atoms with Crippen LogP contribution in [0.4, 0.5) is 5.69 Å². The van der Waals surface area contributed by atoms with Crippen LogP contribution in [-0.4, -0.2) is 29.2 Å². The zero-order chi connectivity index (χ0) is 19.4. The van der Waals surface area contributed by atoms with Crippen molar-refractivity contribution in [3.8, 4) is 5.75 Å². The molecule has 0 bridgehead atoms. The Kier molecular flexibility index (Phi) is 6.82. The molecule has 0 aliphatic rings. The topological polar surface area (TPSA) is 87.7 Å². The number of carbonyl (C=O) groups is 2. The van der Waals surface area contributed by atoms with E-state index in [1.165, 1.54) is 19.2 Å². The second-order valence-corrected chi connectivity index (χ2v) is 7.01. The van der Waals surface area contributed by atoms with Crippen LogP contribution in [-0.2, 0) is 0 Å². The number of aromatic carboxylic acids is 1. The lowest BCUT2D eigenvalue weighted by Crippen LogP contribution is -2.34. The smallest absolute Gasteiger partial charge is 0.335 e. The van der Waals surface area contributed by atoms with Crippen molar-refractivity contribution in [3.63, 3.8) is 0 Å². The predicted octanol–water partition coefficient (Wildman–Crippen LogP) is 4.59. The summed E-state index contributed by atoms with van der Waals surface area (Å²) in [6.07, 6.45) is 0. The van der Waals surface area contributed by atoms with E-state index in [2.05, 4.69) is 26.6 Å². The van der Waals surface area contributed by atoms with Gasteiger partial charge in [-0.2, -0.15) is 0 Å². The van der Waals surface area contributed by atoms with E-state index in [9.17, 15) is 9.59 Å². The van der Waals surface area contributed by atoms with E-state index in [4.69, 9.17) is 45.3 Å². The number of benzene rings is 2. The van der Waals surface area contributed by atoms with Crippen molar-refractivity contribution in [2.75, 3.05) is 12.4 Å². The van der Waals surface area contributed by atoms with Crippen LogP contribution in [0.5, 0.6) is 5.75 Å². The molecule has 0 atom stereocenters. The third kappa shape index (κ3) is 4.85. The maximum absolute atomic E-state index is 12.3. The molecule has 0 aliphatic carbocycles. The standard InChI is InChI=1S/C16H11BrCl2N2O4S/c1-25-13-11(19)4-7(15(23)24)5-12(13)20-16(26)21-14(22)9-6-8(17)2-3-10(9)18/h2-6H,1H3,(H,23,24)(H2,20,21,22,26). The van der Waals surface area contributed by atoms with Crippen molar-refractivity contribution >= 4 is 74.0 Å². The molecule has 136 valence electrons. The Morgan fingerprint density at radius 3 is 2.50 bits per heavy atom. The number of methoxy groups -OCH3 is 1. The first-order chi connectivity index (χ1) is 12.2. The zero-order valence-electron chi connectivity index (χ0n) is 13.1. The number of nitrogens with one attached hydrogen (secondary N) is 2. The molecule has 2 rings (SSSR count). The lowest BCUT2D eigenvalue weighted by molar-refractivity contribution is 0.0696. The number of carboxylic acid groups (broad SMARTS) is 1. The highest BCUT2D eigenvalue weighted by Crippen LogP contribution is 2.34. The van der Waals surface area contributed by atoms with E-state index >= 15 is 0 Å². The third-order valence-electron chi connectivity index (χ3n) is 3.14. The van der Waals surface area contributed by atoms with Crippen molar-refractivity contribution in [2.24, 2.45) is 0 Å². The molecule has 0 aliphatic heterocycles. The summed E-state index contributed by atoms with van der Waals surface area (Å²) in [4.78, 5) is 23.5. The first kappa shape index (κ1) is 20.4. The van der Waals surface area contributed by atoms with Crippen molar-refractivity contribution < 1.29 is 19.4 Å². The van der Waals surface area contributed by atoms with Crippen LogP contribution in [0, 0.1) is 0 Å². The molecule has 0 aromatic heterocycles. The number of halogens is 3. The molecule has 2 aromatic rings. The first-order valence-electron chi connectivity index (χ1n) is 6.91. The highest BCUT2D eigenvalue weighted by Gasteiger charge is 2.17. The summed E-state index contributed by atoms with van der Waals surface area (Å²) in [5.74, 6) is -1.52. The van der Waals surface area contributed by atoms with Crippen LogP contribution in [0.1, 0.15) is 20.7 Å². The van der Waals surface area contributed by atoms with E-state index in [-0.39, 0.29) is 37.7 Å². The Bertz CT molecular complexity index is 908. The molecule has 0 unspecified atom stereocenters. The summed E-state index contributed by atoms with van der Waals surface area (Å²) in [5.41, 5.74) is 0.347. The van der Waals surface area contributed by atoms with Crippen molar-refractivity contribution in [1.29, 1.82) is 0 Å². The number of rotatable bonds is 4. The second-order valence-electron chi connectivity index (χ2n) is 4.88. The van der Waals surface area contributed by atoms with Crippen LogP contribution in [0.15, 0.2) is 34.8 Å². The van der Waals surface area contributed by atoms with Gasteiger partial charge in [-0.05, 0) is 42.5 Å². The molecule has 0 saturated carbocycles. The highest BCUT2D eigenvalue weighted by atomic mass is 79.9. The van der Waals surface area contributed by atoms with Crippen molar-refractivity contribution in [1.82, 2.24) is 5.32 Å². The third-order valence-corrected chi connectivity index (χ3v) is 4.45. The number of thiocarbonyl (C=S) groups is 1. The van der Waals surface area contributed by atoms with Crippen LogP contribution in [0.25, 0.3) is 0 Å². The van der Waals surface area contributed by atoms with E-state index < -0.39 is 11.9 Å². The number of hydrogen-bond donors (Lipinski definition) is 3. The predicted molar refractivity (Wildman–Crippen MR) is 108 cm³/mol. The minimum Gasteiger partial charge on any atom is -0.493 e. The molecular formula is C16H11BrCl2N2O4S. The van der Waals surface area contributed by atoms with E-state index in [1.807, 2.05) is 0 Å². The molecule has 26 heavy (non-hydrogen) atoms. The summed E-state index contributed by atoms with van der Waals surface area (Å²) in [7, 11) is 1.37. The van der Waals surface area contributed by atoms with Gasteiger partial charge in [-0.3, -0.25) is 10.1 Å². The molecule has 10 heteroatoms. The number of hydrogen-bond acceptors (Lipinski definition) is 4. The van der Waals surface area contributed by atoms with Crippen LogP contribution in [0.3, 0.4) is 0 Å². The van der Waals surface area contributed by atoms with Gasteiger partial charge >= 0.3 is 5.97 Å². The van der Waals surface area contributed by atoms with Gasteiger partial charge in [0, 0.05) is 4.47 Å². The molecular weight excluding hydrogens is 467 g/mol. The summed E-state index contributed by atoms with van der Waals surface area (Å²) in [6.45, 7) is 0. The fraction of sp³-hybridized carbons (Fsp3) is 0.0625. The lowest BCUT2D eigenvalue weighted by atomic mass is 10.2. The van der Waals surface area contributed by atoms with Gasteiger partial charge in [0.2, 0.25) is 0 Å². The maximum atomic E-state index is 12.3. The van der Waals surface area contributed by atoms with Gasteiger partial charge in [-0.1, -0.05) is 39.1 Å². The maximum Gasteiger partial charge on any atom is 0.335 e. The van der Waals surface area contributed by atoms with E-state index in [0.717, 1.165) is 0 Å². The quantitative estimate of drug-likeness (QED) is 0.558. The van der Waals surface area contributed by atoms with Gasteiger partial charge in [0.25, 0.3) is 5.91 Å². The number of ether oxygens (including phenoxy) is 1. The van der Waals surface area contributed by atoms with Crippen molar-refractivity contribution in [3.05, 3.63) is 56.0 Å². The average Bonchev–Trinajstić information content (AvgIpc) is 2.56. The van der Waals surface area contributed by atoms with E-state index in [1.54, 1.807) is 18.2 Å². The molecule has 2 aromatic carbocycles. The Morgan fingerprint density at radius 1 is 1.19 bits per heavy atom. The van der Waals surface area contributed by atoms with Gasteiger partial charge < -0.3 is 15.2 Å². The molecule has 0 spiro atoms. The van der Waals surface area contributed by atoms with Crippen LogP contribution < -0.4 is 15.4 Å². The van der Waals surface area contributed by atoms with Crippen molar-refractivity contribution in [2.45, 2.75) is 0 Å². The number of amides is 1. The number of carboxylic acids is 1. The summed E-state index contributed by atoms with van der Waals surface area (Å²) >= 11 is 20.4. The number of carbonyl (C=O) groups excluding carboxylic acids is 1. The average molecular weight is 478 g/mol. The summed E-state index contributed by atoms with van der Waals surface area (Å²) in [5, 5.41) is 14.6. The first-order valence-corrected chi connectivity index (χ1v) is 8.87. The highest BCUT2D eigenvalue weighted by molar-refractivity contribution is 9.10. The Hall–Kier alpha value is -1.87. The van der Waals surface area contributed by atoms with E-state index in [0.29, 0.717) is 4.47 Å². The summed E-state index contributed by atoms with van der Waals surface area (Å²) in [6, 6.07) is 7.34. The van der Waals surface area contributed by atoms with Gasteiger partial charge in [-0.15, -0.1) is 0 Å².